The van der Waals surface area contributed by atoms with E-state index in [2.05, 4.69) is 10.7 Å². The second-order valence-electron chi connectivity index (χ2n) is 2.24. The van der Waals surface area contributed by atoms with Gasteiger partial charge in [-0.3, -0.25) is 4.79 Å². The fraction of sp³-hybridized carbons (Fsp3) is 0.500. The Morgan fingerprint density at radius 3 is 2.36 bits per heavy atom. The SMILES string of the molecule is CC(=O)N(N=O)NCCC(F)=C(F)F. The number of rotatable bonds is 5. The highest BCUT2D eigenvalue weighted by molar-refractivity contribution is 5.72. The number of nitroso groups, excluding NO2 is 1. The largest absolute Gasteiger partial charge is 0.301 e. The topological polar surface area (TPSA) is 61.8 Å². The number of carbonyl (C=O) groups is 1. The Hall–Kier alpha value is -1.44. The van der Waals surface area contributed by atoms with Gasteiger partial charge >= 0.3 is 6.08 Å². The van der Waals surface area contributed by atoms with Crippen LogP contribution in [-0.4, -0.2) is 17.6 Å². The zero-order chi connectivity index (χ0) is 11.1. The normalized spacial score (nSPS) is 9.43. The van der Waals surface area contributed by atoms with Crippen LogP contribution in [0.1, 0.15) is 13.3 Å². The summed E-state index contributed by atoms with van der Waals surface area (Å²) >= 11 is 0. The lowest BCUT2D eigenvalue weighted by Crippen LogP contribution is -2.37. The minimum absolute atomic E-state index is 0.295. The van der Waals surface area contributed by atoms with Crippen molar-refractivity contribution in [3.8, 4) is 0 Å². The van der Waals surface area contributed by atoms with E-state index in [-0.39, 0.29) is 6.54 Å². The van der Waals surface area contributed by atoms with Gasteiger partial charge in [-0.2, -0.15) is 8.78 Å². The molecule has 0 saturated carbocycles. The van der Waals surface area contributed by atoms with Gasteiger partial charge in [-0.05, 0) is 0 Å². The third kappa shape index (κ3) is 4.55. The average molecular weight is 211 g/mol. The molecule has 0 aliphatic rings. The molecule has 1 amide bonds. The first-order chi connectivity index (χ1) is 6.49. The smallest absolute Gasteiger partial charge is 0.272 e. The van der Waals surface area contributed by atoms with Crippen molar-refractivity contribution in [2.45, 2.75) is 13.3 Å². The lowest BCUT2D eigenvalue weighted by atomic mass is 10.4. The second-order valence-corrected chi connectivity index (χ2v) is 2.24. The molecule has 0 aromatic carbocycles. The molecule has 0 rings (SSSR count). The summed E-state index contributed by atoms with van der Waals surface area (Å²) in [5.41, 5.74) is 2.05. The third-order valence-electron chi connectivity index (χ3n) is 1.19. The van der Waals surface area contributed by atoms with Gasteiger partial charge in [0.1, 0.15) is 0 Å². The summed E-state index contributed by atoms with van der Waals surface area (Å²) in [6.45, 7) is 0.713. The maximum atomic E-state index is 12.2. The molecule has 0 bridgehead atoms. The van der Waals surface area contributed by atoms with E-state index in [1.807, 2.05) is 0 Å². The summed E-state index contributed by atoms with van der Waals surface area (Å²) in [6.07, 6.45) is -3.04. The first-order valence-corrected chi connectivity index (χ1v) is 3.56. The number of halogens is 3. The summed E-state index contributed by atoms with van der Waals surface area (Å²) in [4.78, 5) is 20.4. The van der Waals surface area contributed by atoms with Crippen molar-refractivity contribution in [1.29, 1.82) is 0 Å². The molecule has 0 aliphatic carbocycles. The first-order valence-electron chi connectivity index (χ1n) is 3.56. The van der Waals surface area contributed by atoms with Crippen LogP contribution in [0.2, 0.25) is 0 Å². The molecule has 1 N–H and O–H groups in total. The van der Waals surface area contributed by atoms with Gasteiger partial charge in [-0.1, -0.05) is 0 Å². The number of hydrazine groups is 1. The third-order valence-corrected chi connectivity index (χ3v) is 1.19. The van der Waals surface area contributed by atoms with Gasteiger partial charge < -0.3 is 0 Å². The quantitative estimate of drug-likeness (QED) is 0.553. The van der Waals surface area contributed by atoms with Gasteiger partial charge in [-0.15, -0.1) is 10.0 Å². The van der Waals surface area contributed by atoms with Crippen molar-refractivity contribution in [3.05, 3.63) is 16.8 Å². The molecule has 0 spiro atoms. The van der Waals surface area contributed by atoms with E-state index < -0.39 is 24.2 Å². The van der Waals surface area contributed by atoms with Crippen LogP contribution in [0.25, 0.3) is 0 Å². The molecule has 0 radical (unpaired) electrons. The molecule has 14 heavy (non-hydrogen) atoms. The summed E-state index contributed by atoms with van der Waals surface area (Å²) in [6, 6.07) is 0. The minimum atomic E-state index is -2.42. The van der Waals surface area contributed by atoms with Crippen LogP contribution in [0, 0.1) is 4.91 Å². The van der Waals surface area contributed by atoms with Crippen molar-refractivity contribution < 1.29 is 18.0 Å². The van der Waals surface area contributed by atoms with Crippen LogP contribution in [0.3, 0.4) is 0 Å². The van der Waals surface area contributed by atoms with Gasteiger partial charge in [0.15, 0.2) is 5.83 Å². The molecule has 0 heterocycles. The molecular weight excluding hydrogens is 203 g/mol. The molecule has 0 atom stereocenters. The van der Waals surface area contributed by atoms with Crippen LogP contribution >= 0.6 is 0 Å². The van der Waals surface area contributed by atoms with Crippen LogP contribution < -0.4 is 5.43 Å². The predicted octanol–water partition coefficient (Wildman–Crippen LogP) is 1.49. The Bertz CT molecular complexity index is 253. The Kier molecular flexibility index (Phi) is 5.46. The van der Waals surface area contributed by atoms with Crippen molar-refractivity contribution in [2.24, 2.45) is 5.29 Å². The Morgan fingerprint density at radius 1 is 1.43 bits per heavy atom. The van der Waals surface area contributed by atoms with Crippen LogP contribution in [-0.2, 0) is 4.79 Å². The minimum Gasteiger partial charge on any atom is -0.272 e. The molecule has 0 aliphatic heterocycles. The fourth-order valence-electron chi connectivity index (χ4n) is 0.564. The molecule has 0 saturated heterocycles. The highest BCUT2D eigenvalue weighted by Gasteiger charge is 2.09. The maximum absolute atomic E-state index is 12.2. The summed E-state index contributed by atoms with van der Waals surface area (Å²) in [5.74, 6) is -2.31. The molecule has 0 aromatic rings. The van der Waals surface area contributed by atoms with Crippen molar-refractivity contribution in [1.82, 2.24) is 10.5 Å². The van der Waals surface area contributed by atoms with Crippen LogP contribution in [0.15, 0.2) is 17.2 Å². The number of nitrogens with one attached hydrogen (secondary N) is 1. The van der Waals surface area contributed by atoms with Gasteiger partial charge in [-0.25, -0.2) is 9.82 Å². The molecule has 8 heteroatoms. The van der Waals surface area contributed by atoms with Crippen molar-refractivity contribution >= 4 is 5.91 Å². The highest BCUT2D eigenvalue weighted by atomic mass is 19.3. The van der Waals surface area contributed by atoms with Crippen LogP contribution in [0.5, 0.6) is 0 Å². The molecule has 0 aromatic heterocycles. The lowest BCUT2D eigenvalue weighted by Gasteiger charge is -2.10. The molecule has 80 valence electrons. The second kappa shape index (κ2) is 6.08. The van der Waals surface area contributed by atoms with Gasteiger partial charge in [0.2, 0.25) is 0 Å². The monoisotopic (exact) mass is 211 g/mol. The number of hydrogen-bond donors (Lipinski definition) is 1. The predicted molar refractivity (Wildman–Crippen MR) is 41.3 cm³/mol. The maximum Gasteiger partial charge on any atom is 0.301 e. The first kappa shape index (κ1) is 12.6. The van der Waals surface area contributed by atoms with E-state index in [1.54, 1.807) is 0 Å². The van der Waals surface area contributed by atoms with Crippen molar-refractivity contribution in [3.63, 3.8) is 0 Å². The number of nitrogens with zero attached hydrogens (tertiary/aromatic N) is 2. The van der Waals surface area contributed by atoms with E-state index in [0.717, 1.165) is 6.92 Å². The lowest BCUT2D eigenvalue weighted by molar-refractivity contribution is -0.132. The highest BCUT2D eigenvalue weighted by Crippen LogP contribution is 2.11. The molecular formula is C6H8F3N3O2. The summed E-state index contributed by atoms with van der Waals surface area (Å²) in [5, 5.41) is 2.52. The van der Waals surface area contributed by atoms with Crippen LogP contribution in [0.4, 0.5) is 13.2 Å². The van der Waals surface area contributed by atoms with E-state index in [0.29, 0.717) is 5.12 Å². The van der Waals surface area contributed by atoms with E-state index in [9.17, 15) is 22.9 Å². The number of amides is 1. The number of carbonyl (C=O) groups excluding carboxylic acids is 1. The Labute approximate surface area is 77.5 Å². The van der Waals surface area contributed by atoms with E-state index >= 15 is 0 Å². The van der Waals surface area contributed by atoms with Gasteiger partial charge in [0.25, 0.3) is 5.91 Å². The van der Waals surface area contributed by atoms with E-state index in [1.165, 1.54) is 0 Å². The Morgan fingerprint density at radius 2 is 2.00 bits per heavy atom. The zero-order valence-electron chi connectivity index (χ0n) is 7.26. The van der Waals surface area contributed by atoms with Gasteiger partial charge in [0.05, 0.1) is 5.29 Å². The molecule has 0 unspecified atom stereocenters. The number of hydrogen-bond acceptors (Lipinski definition) is 4. The Balaban J connectivity index is 3.90. The fourth-order valence-corrected chi connectivity index (χ4v) is 0.564. The summed E-state index contributed by atoms with van der Waals surface area (Å²) < 4.78 is 35.2. The van der Waals surface area contributed by atoms with Gasteiger partial charge in [0, 0.05) is 19.9 Å². The summed E-state index contributed by atoms with van der Waals surface area (Å²) in [7, 11) is 0. The molecule has 0 fully saturated rings. The molecule has 5 nitrogen and oxygen atoms in total. The standard InChI is InChI=1S/C6H8F3N3O2/c1-4(13)12(11-14)10-3-2-5(7)6(8)9/h10H,2-3H2,1H3. The van der Waals surface area contributed by atoms with Crippen molar-refractivity contribution in [2.75, 3.05) is 6.54 Å². The zero-order valence-corrected chi connectivity index (χ0v) is 7.26. The average Bonchev–Trinajstić information content (AvgIpc) is 2.11. The van der Waals surface area contributed by atoms with E-state index in [4.69, 9.17) is 0 Å².